The minimum atomic E-state index is -0.782. The summed E-state index contributed by atoms with van der Waals surface area (Å²) in [5.74, 6) is 0.826. The number of oxime groups is 1. The lowest BCUT2D eigenvalue weighted by atomic mass is 10.1. The number of primary amides is 1. The first-order valence-corrected chi connectivity index (χ1v) is 9.21. The molecule has 0 spiro atoms. The zero-order valence-corrected chi connectivity index (χ0v) is 17.3. The highest BCUT2D eigenvalue weighted by molar-refractivity contribution is 6.46. The number of nitrogens with zero attached hydrogens (tertiary/aromatic N) is 4. The number of aryl methyl sites for hydroxylation is 1. The molecule has 0 saturated heterocycles. The molecule has 0 saturated carbocycles. The molecule has 30 heavy (non-hydrogen) atoms. The summed E-state index contributed by atoms with van der Waals surface area (Å²) < 4.78 is 6.10. The number of anilines is 1. The first kappa shape index (κ1) is 20.8. The van der Waals surface area contributed by atoms with Crippen LogP contribution in [0.3, 0.4) is 0 Å². The van der Waals surface area contributed by atoms with Gasteiger partial charge in [-0.1, -0.05) is 47.6 Å². The summed E-state index contributed by atoms with van der Waals surface area (Å²) in [5.41, 5.74) is 7.70. The summed E-state index contributed by atoms with van der Waals surface area (Å²) in [6.07, 6.45) is 0. The number of hydrogen-bond donors (Lipinski definition) is 1. The van der Waals surface area contributed by atoms with E-state index in [1.54, 1.807) is 32.0 Å². The van der Waals surface area contributed by atoms with Crippen molar-refractivity contribution in [2.75, 3.05) is 26.1 Å². The molecular weight excluding hydrogens is 382 g/mol. The number of hydrogen-bond acceptors (Lipinski definition) is 7. The number of aromatic nitrogens is 2. The molecule has 0 aliphatic rings. The van der Waals surface area contributed by atoms with E-state index in [0.717, 1.165) is 11.1 Å². The number of ether oxygens (including phenoxy) is 1. The van der Waals surface area contributed by atoms with Gasteiger partial charge in [0.15, 0.2) is 5.71 Å². The molecule has 0 bridgehead atoms. The molecule has 0 fully saturated rings. The minimum absolute atomic E-state index is 0.129. The van der Waals surface area contributed by atoms with Crippen molar-refractivity contribution in [2.45, 2.75) is 6.92 Å². The Bertz CT molecular complexity index is 1080. The van der Waals surface area contributed by atoms with Crippen molar-refractivity contribution in [1.29, 1.82) is 0 Å². The SMILES string of the molecule is CON=C(C(N)=O)c1c(Oc2cccc(-c3ccccc3)c2)nc(C)nc1N(C)C. The fourth-order valence-electron chi connectivity index (χ4n) is 2.92. The molecule has 0 radical (unpaired) electrons. The van der Waals surface area contributed by atoms with Gasteiger partial charge in [-0.3, -0.25) is 4.79 Å². The van der Waals surface area contributed by atoms with Crippen molar-refractivity contribution in [3.63, 3.8) is 0 Å². The third kappa shape index (κ3) is 4.54. The summed E-state index contributed by atoms with van der Waals surface area (Å²) >= 11 is 0. The molecule has 1 aromatic heterocycles. The summed E-state index contributed by atoms with van der Waals surface area (Å²) in [6, 6.07) is 17.5. The van der Waals surface area contributed by atoms with Crippen molar-refractivity contribution in [3.05, 3.63) is 66.0 Å². The number of nitrogens with two attached hydrogens (primary N) is 1. The van der Waals surface area contributed by atoms with Crippen LogP contribution in [0.4, 0.5) is 5.82 Å². The third-order valence-electron chi connectivity index (χ3n) is 4.20. The van der Waals surface area contributed by atoms with Gasteiger partial charge in [-0.15, -0.1) is 0 Å². The van der Waals surface area contributed by atoms with E-state index in [2.05, 4.69) is 15.1 Å². The predicted molar refractivity (Wildman–Crippen MR) is 116 cm³/mol. The third-order valence-corrected chi connectivity index (χ3v) is 4.20. The molecule has 0 aliphatic carbocycles. The second-order valence-electron chi connectivity index (χ2n) is 6.65. The van der Waals surface area contributed by atoms with Crippen LogP contribution in [0.1, 0.15) is 11.4 Å². The van der Waals surface area contributed by atoms with Gasteiger partial charge >= 0.3 is 0 Å². The first-order valence-electron chi connectivity index (χ1n) is 9.21. The Kier molecular flexibility index (Phi) is 6.26. The molecule has 8 heteroatoms. The average Bonchev–Trinajstić information content (AvgIpc) is 2.73. The molecule has 8 nitrogen and oxygen atoms in total. The molecule has 2 aromatic carbocycles. The van der Waals surface area contributed by atoms with E-state index >= 15 is 0 Å². The van der Waals surface area contributed by atoms with Crippen LogP contribution in [0.5, 0.6) is 11.6 Å². The highest BCUT2D eigenvalue weighted by Gasteiger charge is 2.26. The van der Waals surface area contributed by atoms with Gasteiger partial charge in [0.25, 0.3) is 5.91 Å². The van der Waals surface area contributed by atoms with Gasteiger partial charge in [-0.2, -0.15) is 4.98 Å². The lowest BCUT2D eigenvalue weighted by Crippen LogP contribution is -2.28. The van der Waals surface area contributed by atoms with Gasteiger partial charge in [0, 0.05) is 14.1 Å². The van der Waals surface area contributed by atoms with Crippen LogP contribution in [0.15, 0.2) is 59.8 Å². The quantitative estimate of drug-likeness (QED) is 0.478. The topological polar surface area (TPSA) is 103 Å². The number of rotatable bonds is 7. The standard InChI is InChI=1S/C22H23N5O3/c1-14-24-21(27(2)3)18(19(20(23)28)26-29-4)22(25-14)30-17-12-8-11-16(13-17)15-9-6-5-7-10-15/h5-13H,1-4H3,(H2,23,28). The zero-order chi connectivity index (χ0) is 21.7. The van der Waals surface area contributed by atoms with Crippen LogP contribution in [-0.2, 0) is 9.63 Å². The van der Waals surface area contributed by atoms with Crippen LogP contribution in [0, 0.1) is 6.92 Å². The smallest absolute Gasteiger partial charge is 0.271 e. The van der Waals surface area contributed by atoms with E-state index in [0.29, 0.717) is 17.4 Å². The molecule has 0 unspecified atom stereocenters. The highest BCUT2D eigenvalue weighted by atomic mass is 16.6. The highest BCUT2D eigenvalue weighted by Crippen LogP contribution is 2.32. The maximum Gasteiger partial charge on any atom is 0.271 e. The maximum atomic E-state index is 12.1. The Morgan fingerprint density at radius 1 is 1.03 bits per heavy atom. The van der Waals surface area contributed by atoms with Crippen molar-refractivity contribution in [2.24, 2.45) is 10.9 Å². The molecule has 3 aromatic rings. The lowest BCUT2D eigenvalue weighted by molar-refractivity contribution is -0.112. The molecule has 2 N–H and O–H groups in total. The fraction of sp³-hybridized carbons (Fsp3) is 0.182. The second-order valence-corrected chi connectivity index (χ2v) is 6.65. The summed E-state index contributed by atoms with van der Waals surface area (Å²) in [6.45, 7) is 1.74. The van der Waals surface area contributed by atoms with Crippen LogP contribution in [-0.4, -0.2) is 42.8 Å². The number of amides is 1. The normalized spacial score (nSPS) is 11.1. The van der Waals surface area contributed by atoms with Crippen LogP contribution < -0.4 is 15.4 Å². The summed E-state index contributed by atoms with van der Waals surface area (Å²) in [7, 11) is 4.91. The van der Waals surface area contributed by atoms with E-state index in [4.69, 9.17) is 15.3 Å². The van der Waals surface area contributed by atoms with Crippen LogP contribution >= 0.6 is 0 Å². The fourth-order valence-corrected chi connectivity index (χ4v) is 2.92. The van der Waals surface area contributed by atoms with Gasteiger partial charge in [0.1, 0.15) is 30.1 Å². The number of carbonyl (C=O) groups excluding carboxylic acids is 1. The molecule has 0 aliphatic heterocycles. The summed E-state index contributed by atoms with van der Waals surface area (Å²) in [4.78, 5) is 27.4. The molecular formula is C22H23N5O3. The van der Waals surface area contributed by atoms with Gasteiger partial charge < -0.3 is 20.2 Å². The number of carbonyl (C=O) groups is 1. The average molecular weight is 405 g/mol. The Morgan fingerprint density at radius 3 is 2.37 bits per heavy atom. The lowest BCUT2D eigenvalue weighted by Gasteiger charge is -2.19. The van der Waals surface area contributed by atoms with Crippen molar-refractivity contribution < 1.29 is 14.4 Å². The van der Waals surface area contributed by atoms with Gasteiger partial charge in [-0.25, -0.2) is 4.98 Å². The van der Waals surface area contributed by atoms with E-state index in [-0.39, 0.29) is 17.2 Å². The van der Waals surface area contributed by atoms with Crippen LogP contribution in [0.2, 0.25) is 0 Å². The van der Waals surface area contributed by atoms with E-state index in [1.165, 1.54) is 7.11 Å². The maximum absolute atomic E-state index is 12.1. The Hall–Kier alpha value is -3.94. The number of benzene rings is 2. The molecule has 1 amide bonds. The Labute approximate surface area is 175 Å². The van der Waals surface area contributed by atoms with E-state index in [1.807, 2.05) is 48.5 Å². The predicted octanol–water partition coefficient (Wildman–Crippen LogP) is 3.15. The Balaban J connectivity index is 2.12. The monoisotopic (exact) mass is 405 g/mol. The van der Waals surface area contributed by atoms with Gasteiger partial charge in [0.2, 0.25) is 5.88 Å². The van der Waals surface area contributed by atoms with Crippen molar-refractivity contribution >= 4 is 17.4 Å². The largest absolute Gasteiger partial charge is 0.438 e. The first-order chi connectivity index (χ1) is 14.4. The second kappa shape index (κ2) is 9.04. The van der Waals surface area contributed by atoms with Gasteiger partial charge in [-0.05, 0) is 30.2 Å². The van der Waals surface area contributed by atoms with Crippen molar-refractivity contribution in [3.8, 4) is 22.8 Å². The van der Waals surface area contributed by atoms with E-state index in [9.17, 15) is 4.79 Å². The van der Waals surface area contributed by atoms with Gasteiger partial charge in [0.05, 0.1) is 0 Å². The van der Waals surface area contributed by atoms with E-state index < -0.39 is 5.91 Å². The Morgan fingerprint density at radius 2 is 1.73 bits per heavy atom. The summed E-state index contributed by atoms with van der Waals surface area (Å²) in [5, 5.41) is 3.79. The van der Waals surface area contributed by atoms with Crippen LogP contribution in [0.25, 0.3) is 11.1 Å². The zero-order valence-electron chi connectivity index (χ0n) is 17.3. The molecule has 154 valence electrons. The van der Waals surface area contributed by atoms with Crippen molar-refractivity contribution in [1.82, 2.24) is 9.97 Å². The molecule has 0 atom stereocenters. The molecule has 1 heterocycles. The minimum Gasteiger partial charge on any atom is -0.438 e. The molecule has 3 rings (SSSR count).